The molecule has 0 radical (unpaired) electrons. The second-order valence-corrected chi connectivity index (χ2v) is 11.5. The summed E-state index contributed by atoms with van der Waals surface area (Å²) in [6.45, 7) is 4.82. The molecule has 166 valence electrons. The van der Waals surface area contributed by atoms with Gasteiger partial charge in [0.15, 0.2) is 6.61 Å². The van der Waals surface area contributed by atoms with Crippen LogP contribution in [0.15, 0.2) is 0 Å². The summed E-state index contributed by atoms with van der Waals surface area (Å²) in [6, 6.07) is 0. The Morgan fingerprint density at radius 1 is 1.10 bits per heavy atom. The minimum absolute atomic E-state index is 0.0654. The highest BCUT2D eigenvalue weighted by atomic mass is 79.9. The minimum atomic E-state index is -1.65. The molecule has 4 aliphatic rings. The Hall–Kier alpha value is -1.08. The van der Waals surface area contributed by atoms with Crippen LogP contribution < -0.4 is 0 Å². The number of esters is 1. The molecule has 0 bridgehead atoms. The number of carbonyl (C=O) groups is 4. The average molecular weight is 483 g/mol. The van der Waals surface area contributed by atoms with Crippen LogP contribution in [0, 0.1) is 34.5 Å². The quantitative estimate of drug-likeness (QED) is 0.490. The maximum Gasteiger partial charge on any atom is 0.303 e. The van der Waals surface area contributed by atoms with Gasteiger partial charge in [0.1, 0.15) is 17.2 Å². The van der Waals surface area contributed by atoms with Crippen LogP contribution in [-0.2, 0) is 23.9 Å². The van der Waals surface area contributed by atoms with E-state index in [0.29, 0.717) is 19.3 Å². The fourth-order valence-corrected chi connectivity index (χ4v) is 8.76. The summed E-state index contributed by atoms with van der Waals surface area (Å²) in [5.74, 6) is -0.522. The molecular formula is C23H31BrO6. The van der Waals surface area contributed by atoms with E-state index >= 15 is 0 Å². The first-order chi connectivity index (χ1) is 14.0. The number of hydrogen-bond donors (Lipinski definition) is 1. The van der Waals surface area contributed by atoms with Crippen LogP contribution in [0.1, 0.15) is 65.7 Å². The second-order valence-electron chi connectivity index (χ2n) is 10.5. The highest BCUT2D eigenvalue weighted by molar-refractivity contribution is 9.10. The molecule has 6 nitrogen and oxygen atoms in total. The SMILES string of the molecule is CC(=O)OCC(=O)[C@]1(O)CC[C@@H]2[C@@H]3CC[C@H]4[C@H](Br)C(=O)CC[C@]4(C)[C@H]3C(=O)C[C@@]21C. The van der Waals surface area contributed by atoms with Crippen molar-refractivity contribution in [1.29, 1.82) is 0 Å². The zero-order valence-electron chi connectivity index (χ0n) is 17.9. The van der Waals surface area contributed by atoms with Crippen molar-refractivity contribution in [3.8, 4) is 0 Å². The lowest BCUT2D eigenvalue weighted by molar-refractivity contribution is -0.179. The van der Waals surface area contributed by atoms with Crippen molar-refractivity contribution in [3.05, 3.63) is 0 Å². The zero-order valence-corrected chi connectivity index (χ0v) is 19.5. The molecule has 30 heavy (non-hydrogen) atoms. The summed E-state index contributed by atoms with van der Waals surface area (Å²) in [5.41, 5.74) is -2.72. The van der Waals surface area contributed by atoms with Gasteiger partial charge in [0.25, 0.3) is 0 Å². The third-order valence-corrected chi connectivity index (χ3v) is 10.4. The van der Waals surface area contributed by atoms with Crippen LogP contribution in [0.5, 0.6) is 0 Å². The lowest BCUT2D eigenvalue weighted by Gasteiger charge is -2.60. The van der Waals surface area contributed by atoms with Gasteiger partial charge in [0.2, 0.25) is 5.78 Å². The van der Waals surface area contributed by atoms with Gasteiger partial charge < -0.3 is 9.84 Å². The summed E-state index contributed by atoms with van der Waals surface area (Å²) >= 11 is 3.61. The van der Waals surface area contributed by atoms with Gasteiger partial charge in [-0.25, -0.2) is 0 Å². The Morgan fingerprint density at radius 3 is 2.47 bits per heavy atom. The van der Waals surface area contributed by atoms with Crippen LogP contribution >= 0.6 is 15.9 Å². The van der Waals surface area contributed by atoms with Crippen molar-refractivity contribution in [2.24, 2.45) is 34.5 Å². The van der Waals surface area contributed by atoms with E-state index in [1.165, 1.54) is 6.92 Å². The van der Waals surface area contributed by atoms with Crippen molar-refractivity contribution < 1.29 is 29.0 Å². The predicted octanol–water partition coefficient (Wildman–Crippen LogP) is 3.01. The lowest BCUT2D eigenvalue weighted by atomic mass is 9.44. The van der Waals surface area contributed by atoms with E-state index in [1.807, 2.05) is 6.92 Å². The monoisotopic (exact) mass is 482 g/mol. The average Bonchev–Trinajstić information content (AvgIpc) is 2.94. The number of fused-ring (bicyclic) bond motifs is 5. The van der Waals surface area contributed by atoms with E-state index in [-0.39, 0.29) is 51.9 Å². The van der Waals surface area contributed by atoms with Gasteiger partial charge in [-0.05, 0) is 55.3 Å². The van der Waals surface area contributed by atoms with E-state index in [9.17, 15) is 24.3 Å². The number of hydrogen-bond acceptors (Lipinski definition) is 6. The van der Waals surface area contributed by atoms with Gasteiger partial charge in [-0.2, -0.15) is 0 Å². The van der Waals surface area contributed by atoms with Gasteiger partial charge in [-0.3, -0.25) is 19.2 Å². The third kappa shape index (κ3) is 2.90. The van der Waals surface area contributed by atoms with E-state index in [0.717, 1.165) is 19.3 Å². The Bertz CT molecular complexity index is 810. The van der Waals surface area contributed by atoms with E-state index < -0.39 is 29.4 Å². The molecule has 0 heterocycles. The van der Waals surface area contributed by atoms with E-state index in [4.69, 9.17) is 4.74 Å². The van der Waals surface area contributed by atoms with Gasteiger partial charge in [0, 0.05) is 31.1 Å². The second kappa shape index (κ2) is 7.22. The van der Waals surface area contributed by atoms with E-state index in [2.05, 4.69) is 22.9 Å². The highest BCUT2D eigenvalue weighted by Crippen LogP contribution is 2.67. The summed E-state index contributed by atoms with van der Waals surface area (Å²) in [4.78, 5) is 49.7. The Labute approximate surface area is 185 Å². The number of ether oxygens (including phenoxy) is 1. The molecule has 0 unspecified atom stereocenters. The molecule has 0 saturated heterocycles. The molecule has 4 rings (SSSR count). The number of halogens is 1. The van der Waals surface area contributed by atoms with Crippen LogP contribution in [0.2, 0.25) is 0 Å². The lowest BCUT2D eigenvalue weighted by Crippen LogP contribution is -2.63. The van der Waals surface area contributed by atoms with Gasteiger partial charge in [0.05, 0.1) is 4.83 Å². The fraction of sp³-hybridized carbons (Fsp3) is 0.826. The smallest absolute Gasteiger partial charge is 0.303 e. The van der Waals surface area contributed by atoms with Gasteiger partial charge in [-0.1, -0.05) is 29.8 Å². The first kappa shape index (κ1) is 22.1. The third-order valence-electron chi connectivity index (χ3n) is 9.22. The number of aliphatic hydroxyl groups is 1. The molecule has 4 aliphatic carbocycles. The van der Waals surface area contributed by atoms with Crippen molar-refractivity contribution in [2.75, 3.05) is 6.61 Å². The zero-order chi connectivity index (χ0) is 22.1. The predicted molar refractivity (Wildman–Crippen MR) is 112 cm³/mol. The first-order valence-corrected chi connectivity index (χ1v) is 12.0. The summed E-state index contributed by atoms with van der Waals surface area (Å²) < 4.78 is 4.88. The number of Topliss-reactive ketones (excluding diaryl/α,β-unsaturated/α-hetero) is 3. The van der Waals surface area contributed by atoms with Crippen molar-refractivity contribution in [1.82, 2.24) is 0 Å². The fourth-order valence-electron chi connectivity index (χ4n) is 7.66. The molecule has 0 aromatic rings. The Kier molecular flexibility index (Phi) is 5.33. The summed E-state index contributed by atoms with van der Waals surface area (Å²) in [6.07, 6.45) is 4.07. The van der Waals surface area contributed by atoms with Gasteiger partial charge in [-0.15, -0.1) is 0 Å². The molecule has 1 N–H and O–H groups in total. The normalized spacial score (nSPS) is 47.8. The number of alkyl halides is 1. The minimum Gasteiger partial charge on any atom is -0.458 e. The highest BCUT2D eigenvalue weighted by Gasteiger charge is 2.69. The van der Waals surface area contributed by atoms with Gasteiger partial charge >= 0.3 is 5.97 Å². The molecule has 0 spiro atoms. The summed E-state index contributed by atoms with van der Waals surface area (Å²) in [7, 11) is 0. The molecule has 7 heteroatoms. The molecule has 4 saturated carbocycles. The number of ketones is 3. The van der Waals surface area contributed by atoms with Crippen molar-refractivity contribution in [2.45, 2.75) is 76.1 Å². The topological polar surface area (TPSA) is 97.7 Å². The Balaban J connectivity index is 1.65. The van der Waals surface area contributed by atoms with Crippen LogP contribution in [-0.4, -0.2) is 45.5 Å². The van der Waals surface area contributed by atoms with Crippen molar-refractivity contribution in [3.63, 3.8) is 0 Å². The Morgan fingerprint density at radius 2 is 1.80 bits per heavy atom. The van der Waals surface area contributed by atoms with Crippen molar-refractivity contribution >= 4 is 39.2 Å². The van der Waals surface area contributed by atoms with Crippen LogP contribution in [0.25, 0.3) is 0 Å². The number of rotatable bonds is 3. The molecule has 8 atom stereocenters. The standard InChI is InChI=1S/C23H31BrO6/c1-12(25)30-11-18(28)23(29)9-6-14-13-4-5-15-20(24)16(26)7-8-21(15,2)19(13)17(27)10-22(14,23)3/h13-15,19-20,29H,4-11H2,1-3H3/t13-,14+,15-,19+,20-,21-,22-,23+/m0/s1. The van der Waals surface area contributed by atoms with E-state index in [1.54, 1.807) is 0 Å². The summed E-state index contributed by atoms with van der Waals surface area (Å²) in [5, 5.41) is 11.5. The first-order valence-electron chi connectivity index (χ1n) is 11.0. The molecule has 0 aromatic carbocycles. The molecule has 0 amide bonds. The molecule has 0 aliphatic heterocycles. The van der Waals surface area contributed by atoms with Crippen LogP contribution in [0.4, 0.5) is 0 Å². The largest absolute Gasteiger partial charge is 0.458 e. The molecule has 0 aromatic heterocycles. The molecule has 4 fully saturated rings. The maximum absolute atomic E-state index is 13.6. The molecular weight excluding hydrogens is 452 g/mol. The maximum atomic E-state index is 13.6. The van der Waals surface area contributed by atoms with Crippen LogP contribution in [0.3, 0.4) is 0 Å². The number of carbonyl (C=O) groups excluding carboxylic acids is 4.